The Bertz CT molecular complexity index is 408. The quantitative estimate of drug-likeness (QED) is 0.911. The Kier molecular flexibility index (Phi) is 4.87. The lowest BCUT2D eigenvalue weighted by atomic mass is 9.86. The molecule has 2 heteroatoms. The number of nitrogens with zero attached hydrogens (tertiary/aromatic N) is 1. The van der Waals surface area contributed by atoms with Crippen LogP contribution in [0.5, 0.6) is 0 Å². The molecule has 0 atom stereocenters. The lowest BCUT2D eigenvalue weighted by Crippen LogP contribution is -2.38. The van der Waals surface area contributed by atoms with Crippen LogP contribution in [0.25, 0.3) is 0 Å². The van der Waals surface area contributed by atoms with Crippen LogP contribution in [0, 0.1) is 0 Å². The van der Waals surface area contributed by atoms with E-state index in [1.165, 1.54) is 36.8 Å². The smallest absolute Gasteiger partial charge is 0.0233 e. The van der Waals surface area contributed by atoms with E-state index in [-0.39, 0.29) is 5.41 Å². The summed E-state index contributed by atoms with van der Waals surface area (Å²) in [5, 5.41) is 0. The second-order valence-corrected chi connectivity index (χ2v) is 7.43. The van der Waals surface area contributed by atoms with Gasteiger partial charge in [-0.15, -0.1) is 0 Å². The molecule has 0 aromatic heterocycles. The van der Waals surface area contributed by atoms with Crippen molar-refractivity contribution in [2.75, 3.05) is 7.05 Å². The van der Waals surface area contributed by atoms with Crippen LogP contribution in [0.4, 0.5) is 0 Å². The van der Waals surface area contributed by atoms with Crippen LogP contribution < -0.4 is 5.73 Å². The van der Waals surface area contributed by atoms with Gasteiger partial charge >= 0.3 is 0 Å². The van der Waals surface area contributed by atoms with Crippen LogP contribution >= 0.6 is 0 Å². The molecule has 0 bridgehead atoms. The van der Waals surface area contributed by atoms with E-state index in [1.54, 1.807) is 0 Å². The van der Waals surface area contributed by atoms with E-state index in [0.29, 0.717) is 12.1 Å². The molecule has 20 heavy (non-hydrogen) atoms. The number of benzene rings is 1. The van der Waals surface area contributed by atoms with E-state index in [1.807, 2.05) is 0 Å². The normalized spacial score (nSPS) is 24.1. The average Bonchev–Trinajstić information content (AvgIpc) is 2.39. The van der Waals surface area contributed by atoms with Gasteiger partial charge in [0.05, 0.1) is 0 Å². The lowest BCUT2D eigenvalue weighted by Gasteiger charge is -2.33. The summed E-state index contributed by atoms with van der Waals surface area (Å²) in [5.41, 5.74) is 9.05. The monoisotopic (exact) mass is 274 g/mol. The molecule has 0 aliphatic heterocycles. The van der Waals surface area contributed by atoms with Crippen molar-refractivity contribution >= 4 is 0 Å². The summed E-state index contributed by atoms with van der Waals surface area (Å²) in [4.78, 5) is 2.50. The van der Waals surface area contributed by atoms with E-state index < -0.39 is 0 Å². The van der Waals surface area contributed by atoms with Crippen LogP contribution in [0.15, 0.2) is 24.3 Å². The Hall–Kier alpha value is -0.860. The van der Waals surface area contributed by atoms with Crippen molar-refractivity contribution in [3.8, 4) is 0 Å². The molecule has 1 aromatic carbocycles. The van der Waals surface area contributed by atoms with Gasteiger partial charge in [0.2, 0.25) is 0 Å². The summed E-state index contributed by atoms with van der Waals surface area (Å²) < 4.78 is 0. The third-order valence-electron chi connectivity index (χ3n) is 4.62. The van der Waals surface area contributed by atoms with Gasteiger partial charge in [0, 0.05) is 18.6 Å². The second-order valence-electron chi connectivity index (χ2n) is 7.43. The standard InChI is InChI=1S/C18H30N2/c1-18(2,3)15-7-5-14(6-8-15)13-20(4)17-11-9-16(19)10-12-17/h5-8,16-17H,9-13,19H2,1-4H3. The summed E-state index contributed by atoms with van der Waals surface area (Å²) in [6.45, 7) is 7.84. The molecule has 0 heterocycles. The molecule has 2 nitrogen and oxygen atoms in total. The van der Waals surface area contributed by atoms with Crippen LogP contribution in [0.1, 0.15) is 57.6 Å². The topological polar surface area (TPSA) is 29.3 Å². The molecular weight excluding hydrogens is 244 g/mol. The molecule has 2 rings (SSSR count). The van der Waals surface area contributed by atoms with Gasteiger partial charge in [-0.3, -0.25) is 4.90 Å². The van der Waals surface area contributed by atoms with Crippen LogP contribution in [-0.4, -0.2) is 24.0 Å². The zero-order valence-electron chi connectivity index (χ0n) is 13.5. The third-order valence-corrected chi connectivity index (χ3v) is 4.62. The highest BCUT2D eigenvalue weighted by molar-refractivity contribution is 5.27. The minimum atomic E-state index is 0.240. The Morgan fingerprint density at radius 1 is 1.05 bits per heavy atom. The van der Waals surface area contributed by atoms with E-state index >= 15 is 0 Å². The summed E-state index contributed by atoms with van der Waals surface area (Å²) in [7, 11) is 2.25. The van der Waals surface area contributed by atoms with Crippen molar-refractivity contribution in [2.24, 2.45) is 5.73 Å². The highest BCUT2D eigenvalue weighted by Crippen LogP contribution is 2.24. The molecule has 1 aliphatic carbocycles. The van der Waals surface area contributed by atoms with Crippen molar-refractivity contribution < 1.29 is 0 Å². The largest absolute Gasteiger partial charge is 0.328 e. The fraction of sp³-hybridized carbons (Fsp3) is 0.667. The van der Waals surface area contributed by atoms with Gasteiger partial charge < -0.3 is 5.73 Å². The zero-order chi connectivity index (χ0) is 14.8. The first-order valence-electron chi connectivity index (χ1n) is 7.91. The predicted octanol–water partition coefficient (Wildman–Crippen LogP) is 3.69. The molecule has 0 saturated heterocycles. The maximum Gasteiger partial charge on any atom is 0.0233 e. The highest BCUT2D eigenvalue weighted by Gasteiger charge is 2.22. The maximum absolute atomic E-state index is 5.99. The highest BCUT2D eigenvalue weighted by atomic mass is 15.1. The van der Waals surface area contributed by atoms with E-state index in [9.17, 15) is 0 Å². The Balaban J connectivity index is 1.93. The minimum Gasteiger partial charge on any atom is -0.328 e. The molecule has 0 radical (unpaired) electrons. The van der Waals surface area contributed by atoms with Crippen LogP contribution in [-0.2, 0) is 12.0 Å². The van der Waals surface area contributed by atoms with E-state index in [4.69, 9.17) is 5.73 Å². The first-order chi connectivity index (χ1) is 9.36. The van der Waals surface area contributed by atoms with Crippen molar-refractivity contribution in [1.29, 1.82) is 0 Å². The Morgan fingerprint density at radius 3 is 2.10 bits per heavy atom. The van der Waals surface area contributed by atoms with Crippen molar-refractivity contribution in [3.63, 3.8) is 0 Å². The lowest BCUT2D eigenvalue weighted by molar-refractivity contribution is 0.176. The predicted molar refractivity (Wildman–Crippen MR) is 86.8 cm³/mol. The number of hydrogen-bond acceptors (Lipinski definition) is 2. The summed E-state index contributed by atoms with van der Waals surface area (Å²) in [6.07, 6.45) is 4.85. The van der Waals surface area contributed by atoms with Gasteiger partial charge in [-0.1, -0.05) is 45.0 Å². The first-order valence-corrected chi connectivity index (χ1v) is 7.91. The fourth-order valence-corrected chi connectivity index (χ4v) is 3.07. The summed E-state index contributed by atoms with van der Waals surface area (Å²) in [5.74, 6) is 0. The molecule has 2 N–H and O–H groups in total. The Labute approximate surface area is 124 Å². The molecule has 0 spiro atoms. The minimum absolute atomic E-state index is 0.240. The molecule has 1 aromatic rings. The van der Waals surface area contributed by atoms with Crippen molar-refractivity contribution in [2.45, 2.75) is 70.5 Å². The second kappa shape index (κ2) is 6.28. The summed E-state index contributed by atoms with van der Waals surface area (Å²) in [6, 6.07) is 10.3. The van der Waals surface area contributed by atoms with Crippen LogP contribution in [0.3, 0.4) is 0 Å². The van der Waals surface area contributed by atoms with Gasteiger partial charge in [0.15, 0.2) is 0 Å². The van der Waals surface area contributed by atoms with Crippen LogP contribution in [0.2, 0.25) is 0 Å². The number of nitrogens with two attached hydrogens (primary N) is 1. The van der Waals surface area contributed by atoms with Crippen molar-refractivity contribution in [3.05, 3.63) is 35.4 Å². The van der Waals surface area contributed by atoms with E-state index in [2.05, 4.69) is 57.0 Å². The number of rotatable bonds is 3. The molecule has 0 amide bonds. The average molecular weight is 274 g/mol. The van der Waals surface area contributed by atoms with Gasteiger partial charge in [0.1, 0.15) is 0 Å². The van der Waals surface area contributed by atoms with Crippen molar-refractivity contribution in [1.82, 2.24) is 4.90 Å². The SMILES string of the molecule is CN(Cc1ccc(C(C)(C)C)cc1)C1CCC(N)CC1. The van der Waals surface area contributed by atoms with Gasteiger partial charge in [-0.05, 0) is 49.3 Å². The molecule has 1 saturated carbocycles. The molecule has 0 unspecified atom stereocenters. The maximum atomic E-state index is 5.99. The molecule has 1 fully saturated rings. The summed E-state index contributed by atoms with van der Waals surface area (Å²) >= 11 is 0. The molecule has 112 valence electrons. The zero-order valence-corrected chi connectivity index (χ0v) is 13.5. The van der Waals surface area contributed by atoms with Gasteiger partial charge in [0.25, 0.3) is 0 Å². The van der Waals surface area contributed by atoms with Gasteiger partial charge in [-0.25, -0.2) is 0 Å². The molecular formula is C18H30N2. The van der Waals surface area contributed by atoms with Gasteiger partial charge in [-0.2, -0.15) is 0 Å². The van der Waals surface area contributed by atoms with E-state index in [0.717, 1.165) is 6.54 Å². The third kappa shape index (κ3) is 4.07. The number of hydrogen-bond donors (Lipinski definition) is 1. The molecule has 1 aliphatic rings. The fourth-order valence-electron chi connectivity index (χ4n) is 3.07. The Morgan fingerprint density at radius 2 is 1.60 bits per heavy atom. The first kappa shape index (κ1) is 15.5.